The second kappa shape index (κ2) is 6.36. The molecule has 1 aromatic heterocycles. The minimum absolute atomic E-state index is 0.00831. The fourth-order valence-corrected chi connectivity index (χ4v) is 1.35. The van der Waals surface area contributed by atoms with E-state index in [4.69, 9.17) is 9.47 Å². The maximum absolute atomic E-state index is 11.6. The molecule has 0 saturated heterocycles. The zero-order valence-corrected chi connectivity index (χ0v) is 10.3. The van der Waals surface area contributed by atoms with E-state index in [1.807, 2.05) is 13.8 Å². The van der Waals surface area contributed by atoms with Crippen LogP contribution in [-0.2, 0) is 9.47 Å². The normalized spacial score (nSPS) is 14.5. The molecule has 96 valence electrons. The highest BCUT2D eigenvalue weighted by Gasteiger charge is 2.15. The molecule has 0 aliphatic carbocycles. The predicted octanol–water partition coefficient (Wildman–Crippen LogP) is 0.497. The molecule has 1 heterocycles. The van der Waals surface area contributed by atoms with Crippen molar-refractivity contribution in [3.8, 4) is 0 Å². The zero-order chi connectivity index (χ0) is 12.8. The number of aromatic nitrogens is 2. The Kier molecular flexibility index (Phi) is 5.11. The number of rotatable bonds is 6. The molecule has 0 aliphatic heterocycles. The van der Waals surface area contributed by atoms with Crippen molar-refractivity contribution < 1.29 is 9.47 Å². The molecule has 0 spiro atoms. The summed E-state index contributed by atoms with van der Waals surface area (Å²) in [5, 5.41) is 0. The van der Waals surface area contributed by atoms with Gasteiger partial charge in [-0.2, -0.15) is 0 Å². The minimum Gasteiger partial charge on any atom is -0.380 e. The zero-order valence-electron chi connectivity index (χ0n) is 10.3. The van der Waals surface area contributed by atoms with Crippen LogP contribution in [0.5, 0.6) is 0 Å². The van der Waals surface area contributed by atoms with Gasteiger partial charge in [0.1, 0.15) is 0 Å². The summed E-state index contributed by atoms with van der Waals surface area (Å²) >= 11 is 0. The van der Waals surface area contributed by atoms with Crippen LogP contribution in [-0.4, -0.2) is 29.4 Å². The van der Waals surface area contributed by atoms with Gasteiger partial charge in [0.05, 0.1) is 12.7 Å². The molecule has 17 heavy (non-hydrogen) atoms. The van der Waals surface area contributed by atoms with Crippen molar-refractivity contribution in [1.29, 1.82) is 0 Å². The van der Waals surface area contributed by atoms with Crippen molar-refractivity contribution >= 4 is 0 Å². The molecule has 6 heteroatoms. The van der Waals surface area contributed by atoms with Crippen molar-refractivity contribution in [1.82, 2.24) is 9.55 Å². The lowest BCUT2D eigenvalue weighted by molar-refractivity contribution is -0.0847. The van der Waals surface area contributed by atoms with Gasteiger partial charge >= 0.3 is 5.69 Å². The number of hydrogen-bond acceptors (Lipinski definition) is 4. The molecule has 1 unspecified atom stereocenters. The summed E-state index contributed by atoms with van der Waals surface area (Å²) in [6, 6.07) is 1.28. The molecule has 0 aromatic carbocycles. The quantitative estimate of drug-likeness (QED) is 0.788. The Morgan fingerprint density at radius 3 is 2.71 bits per heavy atom. The summed E-state index contributed by atoms with van der Waals surface area (Å²) < 4.78 is 12.0. The van der Waals surface area contributed by atoms with Crippen LogP contribution in [0.1, 0.15) is 26.5 Å². The van der Waals surface area contributed by atoms with E-state index in [0.717, 1.165) is 6.42 Å². The fourth-order valence-electron chi connectivity index (χ4n) is 1.35. The maximum Gasteiger partial charge on any atom is 0.330 e. The molecule has 0 fully saturated rings. The number of methoxy groups -OCH3 is 1. The summed E-state index contributed by atoms with van der Waals surface area (Å²) in [4.78, 5) is 24.7. The third-order valence-electron chi connectivity index (χ3n) is 2.43. The van der Waals surface area contributed by atoms with E-state index >= 15 is 0 Å². The molecule has 0 saturated carbocycles. The Morgan fingerprint density at radius 2 is 2.18 bits per heavy atom. The highest BCUT2D eigenvalue weighted by molar-refractivity contribution is 4.84. The Bertz CT molecular complexity index is 451. The molecule has 0 bridgehead atoms. The minimum atomic E-state index is -0.528. The van der Waals surface area contributed by atoms with Gasteiger partial charge in [-0.25, -0.2) is 4.79 Å². The molecule has 0 radical (unpaired) electrons. The lowest BCUT2D eigenvalue weighted by Crippen LogP contribution is -2.35. The predicted molar refractivity (Wildman–Crippen MR) is 63.1 cm³/mol. The van der Waals surface area contributed by atoms with Crippen LogP contribution < -0.4 is 11.2 Å². The first-order valence-corrected chi connectivity index (χ1v) is 5.54. The van der Waals surface area contributed by atoms with Crippen LogP contribution in [0.3, 0.4) is 0 Å². The molecule has 0 amide bonds. The third kappa shape index (κ3) is 3.83. The molecular formula is C11H18N2O4. The van der Waals surface area contributed by atoms with Crippen LogP contribution in [0.4, 0.5) is 0 Å². The maximum atomic E-state index is 11.6. The molecule has 2 atom stereocenters. The molecule has 1 rings (SSSR count). The van der Waals surface area contributed by atoms with Crippen LogP contribution in [0.25, 0.3) is 0 Å². The van der Waals surface area contributed by atoms with Crippen LogP contribution in [0, 0.1) is 0 Å². The van der Waals surface area contributed by atoms with Crippen LogP contribution in [0.2, 0.25) is 0 Å². The lowest BCUT2D eigenvalue weighted by Gasteiger charge is -2.22. The second-order valence-corrected chi connectivity index (χ2v) is 3.78. The van der Waals surface area contributed by atoms with E-state index in [9.17, 15) is 9.59 Å². The highest BCUT2D eigenvalue weighted by Crippen LogP contribution is 2.10. The van der Waals surface area contributed by atoms with E-state index in [0.29, 0.717) is 0 Å². The van der Waals surface area contributed by atoms with E-state index in [1.54, 1.807) is 0 Å². The molecule has 6 nitrogen and oxygen atoms in total. The third-order valence-corrected chi connectivity index (χ3v) is 2.43. The van der Waals surface area contributed by atoms with Crippen LogP contribution in [0.15, 0.2) is 21.9 Å². The molecule has 1 N–H and O–H groups in total. The largest absolute Gasteiger partial charge is 0.380 e. The highest BCUT2D eigenvalue weighted by atomic mass is 16.5. The first-order chi connectivity index (χ1) is 8.08. The summed E-state index contributed by atoms with van der Waals surface area (Å²) in [6.07, 6.45) is 1.72. The second-order valence-electron chi connectivity index (χ2n) is 3.78. The standard InChI is InChI=1S/C11H18N2O4/c1-4-8(2)17-10(7-16-3)13-6-5-9(14)12-11(13)15/h5-6,8,10H,4,7H2,1-3H3,(H,12,14,15)/t8?,10-/m1/s1. The average Bonchev–Trinajstić information content (AvgIpc) is 2.28. The van der Waals surface area contributed by atoms with E-state index < -0.39 is 17.5 Å². The first kappa shape index (κ1) is 13.7. The monoisotopic (exact) mass is 242 g/mol. The number of ether oxygens (including phenoxy) is 2. The summed E-state index contributed by atoms with van der Waals surface area (Å²) in [7, 11) is 1.53. The van der Waals surface area contributed by atoms with Gasteiger partial charge < -0.3 is 9.47 Å². The Balaban J connectivity index is 2.96. The van der Waals surface area contributed by atoms with Crippen molar-refractivity contribution in [3.05, 3.63) is 33.1 Å². The van der Waals surface area contributed by atoms with Crippen LogP contribution >= 0.6 is 0 Å². The van der Waals surface area contributed by atoms with Gasteiger partial charge in [0.2, 0.25) is 0 Å². The SMILES string of the molecule is CCC(C)O[C@H](COC)n1ccc(=O)[nH]c1=O. The van der Waals surface area contributed by atoms with Gasteiger partial charge in [-0.3, -0.25) is 14.3 Å². The fraction of sp³-hybridized carbons (Fsp3) is 0.636. The van der Waals surface area contributed by atoms with Crippen molar-refractivity contribution in [2.45, 2.75) is 32.6 Å². The Morgan fingerprint density at radius 1 is 1.47 bits per heavy atom. The summed E-state index contributed by atoms with van der Waals surface area (Å²) in [6.45, 7) is 4.15. The molecular weight excluding hydrogens is 224 g/mol. The van der Waals surface area contributed by atoms with Gasteiger partial charge in [0.15, 0.2) is 6.23 Å². The molecule has 0 aliphatic rings. The topological polar surface area (TPSA) is 73.3 Å². The number of hydrogen-bond donors (Lipinski definition) is 1. The summed E-state index contributed by atoms with van der Waals surface area (Å²) in [5.74, 6) is 0. The Hall–Kier alpha value is -1.40. The smallest absolute Gasteiger partial charge is 0.330 e. The van der Waals surface area contributed by atoms with E-state index in [2.05, 4.69) is 4.98 Å². The van der Waals surface area contributed by atoms with Gasteiger partial charge in [-0.1, -0.05) is 6.92 Å². The van der Waals surface area contributed by atoms with Crippen molar-refractivity contribution in [2.75, 3.05) is 13.7 Å². The van der Waals surface area contributed by atoms with Gasteiger partial charge in [0.25, 0.3) is 5.56 Å². The number of H-pyrrole nitrogens is 1. The van der Waals surface area contributed by atoms with Gasteiger partial charge in [-0.05, 0) is 13.3 Å². The van der Waals surface area contributed by atoms with Crippen molar-refractivity contribution in [2.24, 2.45) is 0 Å². The van der Waals surface area contributed by atoms with Gasteiger partial charge in [-0.15, -0.1) is 0 Å². The number of nitrogens with zero attached hydrogens (tertiary/aromatic N) is 1. The summed E-state index contributed by atoms with van der Waals surface area (Å²) in [5.41, 5.74) is -0.922. The number of aromatic amines is 1. The van der Waals surface area contributed by atoms with E-state index in [-0.39, 0.29) is 12.7 Å². The van der Waals surface area contributed by atoms with Crippen molar-refractivity contribution in [3.63, 3.8) is 0 Å². The lowest BCUT2D eigenvalue weighted by atomic mass is 10.3. The number of nitrogens with one attached hydrogen (secondary N) is 1. The molecule has 1 aromatic rings. The van der Waals surface area contributed by atoms with Gasteiger partial charge in [0, 0.05) is 19.4 Å². The average molecular weight is 242 g/mol. The Labute approximate surface area is 99.2 Å². The first-order valence-electron chi connectivity index (χ1n) is 5.54. The van der Waals surface area contributed by atoms with E-state index in [1.165, 1.54) is 23.9 Å².